The predicted molar refractivity (Wildman–Crippen MR) is 106 cm³/mol. The normalized spacial score (nSPS) is 15.1. The number of hydrogen-bond acceptors (Lipinski definition) is 6. The molecule has 0 aliphatic carbocycles. The minimum atomic E-state index is -0.311. The molecule has 0 amide bonds. The van der Waals surface area contributed by atoms with Crippen LogP contribution in [0.5, 0.6) is 0 Å². The Hall–Kier alpha value is -3.35. The molecule has 0 saturated heterocycles. The number of ketones is 1. The first-order valence-electron chi connectivity index (χ1n) is 9.20. The number of carbonyl (C=O) groups is 1. The van der Waals surface area contributed by atoms with E-state index in [9.17, 15) is 9.59 Å². The fourth-order valence-corrected chi connectivity index (χ4v) is 3.42. The summed E-state index contributed by atoms with van der Waals surface area (Å²) in [7, 11) is 0. The molecule has 3 heterocycles. The Morgan fingerprint density at radius 3 is 2.64 bits per heavy atom. The molecule has 0 spiro atoms. The Kier molecular flexibility index (Phi) is 4.50. The third kappa shape index (κ3) is 3.31. The number of anilines is 1. The molecule has 28 heavy (non-hydrogen) atoms. The van der Waals surface area contributed by atoms with Crippen LogP contribution < -0.4 is 10.5 Å². The molecular formula is C21H21N5O2. The second-order valence-corrected chi connectivity index (χ2v) is 7.46. The van der Waals surface area contributed by atoms with E-state index >= 15 is 0 Å². The summed E-state index contributed by atoms with van der Waals surface area (Å²) in [6, 6.07) is 12.4. The van der Waals surface area contributed by atoms with Gasteiger partial charge in [0, 0.05) is 29.9 Å². The quantitative estimate of drug-likeness (QED) is 0.652. The van der Waals surface area contributed by atoms with E-state index in [1.165, 1.54) is 12.4 Å². The van der Waals surface area contributed by atoms with Crippen molar-refractivity contribution in [1.82, 2.24) is 19.5 Å². The van der Waals surface area contributed by atoms with Crippen LogP contribution in [-0.4, -0.2) is 37.4 Å². The van der Waals surface area contributed by atoms with Crippen LogP contribution in [0, 0.1) is 0 Å². The van der Waals surface area contributed by atoms with E-state index in [1.54, 1.807) is 29.0 Å². The lowest BCUT2D eigenvalue weighted by molar-refractivity contribution is 0.0989. The van der Waals surface area contributed by atoms with Gasteiger partial charge in [-0.15, -0.1) is 0 Å². The van der Waals surface area contributed by atoms with Crippen LogP contribution >= 0.6 is 0 Å². The van der Waals surface area contributed by atoms with Crippen molar-refractivity contribution in [2.75, 3.05) is 11.4 Å². The molecule has 0 radical (unpaired) electrons. The predicted octanol–water partition coefficient (Wildman–Crippen LogP) is 2.57. The van der Waals surface area contributed by atoms with Crippen molar-refractivity contribution in [2.45, 2.75) is 32.4 Å². The van der Waals surface area contributed by atoms with Crippen LogP contribution in [0.25, 0.3) is 11.4 Å². The van der Waals surface area contributed by atoms with Crippen molar-refractivity contribution in [2.24, 2.45) is 0 Å². The summed E-state index contributed by atoms with van der Waals surface area (Å²) in [5, 5.41) is 0. The van der Waals surface area contributed by atoms with Crippen molar-refractivity contribution in [3.63, 3.8) is 0 Å². The van der Waals surface area contributed by atoms with Gasteiger partial charge in [-0.1, -0.05) is 30.3 Å². The molecule has 0 unspecified atom stereocenters. The van der Waals surface area contributed by atoms with Crippen molar-refractivity contribution in [1.29, 1.82) is 0 Å². The van der Waals surface area contributed by atoms with Crippen LogP contribution in [-0.2, 0) is 6.54 Å². The number of nitrogens with zero attached hydrogens (tertiary/aromatic N) is 5. The lowest BCUT2D eigenvalue weighted by atomic mass is 9.95. The largest absolute Gasteiger partial charge is 0.329 e. The number of rotatable bonds is 4. The molecule has 142 valence electrons. The Bertz CT molecular complexity index is 1060. The van der Waals surface area contributed by atoms with Crippen molar-refractivity contribution in [3.05, 3.63) is 70.9 Å². The highest BCUT2D eigenvalue weighted by Gasteiger charge is 2.36. The van der Waals surface area contributed by atoms with Gasteiger partial charge in [0.2, 0.25) is 5.95 Å². The van der Waals surface area contributed by atoms with Gasteiger partial charge in [-0.25, -0.2) is 15.0 Å². The molecule has 2 aromatic heterocycles. The smallest absolute Gasteiger partial charge is 0.255 e. The van der Waals surface area contributed by atoms with Gasteiger partial charge in [0.25, 0.3) is 5.56 Å². The average molecular weight is 375 g/mol. The zero-order valence-electron chi connectivity index (χ0n) is 15.9. The lowest BCUT2D eigenvalue weighted by Gasteiger charge is -2.43. The summed E-state index contributed by atoms with van der Waals surface area (Å²) in [4.78, 5) is 40.4. The van der Waals surface area contributed by atoms with Crippen LogP contribution in [0.3, 0.4) is 0 Å². The highest BCUT2D eigenvalue weighted by Crippen LogP contribution is 2.31. The number of carbonyl (C=O) groups excluding carboxylic acids is 1. The number of aromatic nitrogens is 4. The zero-order valence-corrected chi connectivity index (χ0v) is 15.9. The average Bonchev–Trinajstić information content (AvgIpc) is 2.71. The third-order valence-corrected chi connectivity index (χ3v) is 5.15. The van der Waals surface area contributed by atoms with Crippen LogP contribution in [0.1, 0.15) is 30.6 Å². The molecule has 3 aromatic rings. The first kappa shape index (κ1) is 18.0. The minimum absolute atomic E-state index is 0.0104. The lowest BCUT2D eigenvalue weighted by Crippen LogP contribution is -2.53. The second kappa shape index (κ2) is 6.99. The maximum atomic E-state index is 12.9. The van der Waals surface area contributed by atoms with Crippen molar-refractivity contribution < 1.29 is 4.79 Å². The molecule has 7 nitrogen and oxygen atoms in total. The van der Waals surface area contributed by atoms with E-state index < -0.39 is 0 Å². The van der Waals surface area contributed by atoms with Gasteiger partial charge in [0.1, 0.15) is 6.33 Å². The first-order chi connectivity index (χ1) is 13.5. The molecule has 1 aliphatic heterocycles. The van der Waals surface area contributed by atoms with Gasteiger partial charge < -0.3 is 4.90 Å². The molecular weight excluding hydrogens is 354 g/mol. The summed E-state index contributed by atoms with van der Waals surface area (Å²) in [6.07, 6.45) is 3.78. The summed E-state index contributed by atoms with van der Waals surface area (Å²) in [6.45, 7) is 4.85. The molecule has 1 aliphatic rings. The Morgan fingerprint density at radius 1 is 1.14 bits per heavy atom. The Morgan fingerprint density at radius 2 is 1.93 bits per heavy atom. The molecule has 4 rings (SSSR count). The van der Waals surface area contributed by atoms with Gasteiger partial charge in [-0.3, -0.25) is 14.2 Å². The number of Topliss-reactive ketones (excluding diaryl/α,β-unsaturated/α-hetero) is 1. The topological polar surface area (TPSA) is 81.0 Å². The fraction of sp³-hybridized carbons (Fsp3) is 0.286. The van der Waals surface area contributed by atoms with Crippen LogP contribution in [0.15, 0.2) is 59.8 Å². The van der Waals surface area contributed by atoms with E-state index in [-0.39, 0.29) is 23.4 Å². The first-order valence-corrected chi connectivity index (χ1v) is 9.20. The van der Waals surface area contributed by atoms with Gasteiger partial charge in [0.05, 0.1) is 17.9 Å². The fourth-order valence-electron chi connectivity index (χ4n) is 3.42. The highest BCUT2D eigenvalue weighted by molar-refractivity contribution is 5.99. The standard InChI is InChI=1S/C21H21N5O2/c1-21(2)9-11-25-19(28)12-17(16-8-10-22-14-23-16)24-20(25)26(21)13-18(27)15-6-4-3-5-7-15/h3-8,10,12,14H,9,11,13H2,1-2H3. The number of fused-ring (bicyclic) bond motifs is 1. The second-order valence-electron chi connectivity index (χ2n) is 7.46. The van der Waals surface area contributed by atoms with Crippen LogP contribution in [0.4, 0.5) is 5.95 Å². The van der Waals surface area contributed by atoms with E-state index in [0.717, 1.165) is 6.42 Å². The molecule has 0 bridgehead atoms. The molecule has 1 aromatic carbocycles. The summed E-state index contributed by atoms with van der Waals surface area (Å²) >= 11 is 0. The Balaban J connectivity index is 1.78. The molecule has 0 fully saturated rings. The van der Waals surface area contributed by atoms with Crippen molar-refractivity contribution in [3.8, 4) is 11.4 Å². The monoisotopic (exact) mass is 375 g/mol. The van der Waals surface area contributed by atoms with Gasteiger partial charge in [-0.2, -0.15) is 0 Å². The SMILES string of the molecule is CC1(C)CCn2c(nc(-c3ccncn3)cc2=O)N1CC(=O)c1ccccc1. The summed E-state index contributed by atoms with van der Waals surface area (Å²) in [5.74, 6) is 0.491. The van der Waals surface area contributed by atoms with Gasteiger partial charge in [-0.05, 0) is 26.3 Å². The number of hydrogen-bond donors (Lipinski definition) is 0. The van der Waals surface area contributed by atoms with E-state index in [2.05, 4.69) is 23.8 Å². The van der Waals surface area contributed by atoms with E-state index in [1.807, 2.05) is 23.1 Å². The van der Waals surface area contributed by atoms with Crippen molar-refractivity contribution >= 4 is 11.7 Å². The zero-order chi connectivity index (χ0) is 19.7. The van der Waals surface area contributed by atoms with Gasteiger partial charge >= 0.3 is 0 Å². The van der Waals surface area contributed by atoms with Crippen LogP contribution in [0.2, 0.25) is 0 Å². The van der Waals surface area contributed by atoms with E-state index in [4.69, 9.17) is 4.98 Å². The maximum Gasteiger partial charge on any atom is 0.255 e. The van der Waals surface area contributed by atoms with E-state index in [0.29, 0.717) is 29.4 Å². The molecule has 0 N–H and O–H groups in total. The third-order valence-electron chi connectivity index (χ3n) is 5.15. The molecule has 0 saturated carbocycles. The number of benzene rings is 1. The van der Waals surface area contributed by atoms with Gasteiger partial charge in [0.15, 0.2) is 5.78 Å². The summed E-state index contributed by atoms with van der Waals surface area (Å²) < 4.78 is 1.63. The summed E-state index contributed by atoms with van der Waals surface area (Å²) in [5.41, 5.74) is 1.24. The Labute approximate surface area is 162 Å². The highest BCUT2D eigenvalue weighted by atomic mass is 16.1. The molecule has 0 atom stereocenters. The minimum Gasteiger partial charge on any atom is -0.329 e. The molecule has 7 heteroatoms. The maximum absolute atomic E-state index is 12.9.